The number of anilines is 1. The van der Waals surface area contributed by atoms with Crippen molar-refractivity contribution in [1.82, 2.24) is 9.88 Å². The molecule has 1 fully saturated rings. The molecule has 20 heavy (non-hydrogen) atoms. The average Bonchev–Trinajstić information content (AvgIpc) is 2.82. The summed E-state index contributed by atoms with van der Waals surface area (Å²) in [5.74, 6) is 0.855. The van der Waals surface area contributed by atoms with Gasteiger partial charge in [0.15, 0.2) is 0 Å². The molecule has 2 atom stereocenters. The molecule has 1 aliphatic heterocycles. The largest absolute Gasteiger partial charge is 0.353 e. The predicted octanol–water partition coefficient (Wildman–Crippen LogP) is 2.05. The molecule has 0 aliphatic carbocycles. The number of hydrogen-bond donors (Lipinski definition) is 0. The van der Waals surface area contributed by atoms with Gasteiger partial charge in [-0.15, -0.1) is 0 Å². The van der Waals surface area contributed by atoms with E-state index in [-0.39, 0.29) is 0 Å². The predicted molar refractivity (Wildman–Crippen MR) is 85.4 cm³/mol. The lowest BCUT2D eigenvalue weighted by molar-refractivity contribution is 0.320. The SMILES string of the molecule is CSC1CN(c2nc(C)cc(C)c2C#N)CC1N(C)C. The Hall–Kier alpha value is -1.25. The summed E-state index contributed by atoms with van der Waals surface area (Å²) < 4.78 is 0. The Kier molecular flexibility index (Phi) is 4.56. The Bertz CT molecular complexity index is 535. The topological polar surface area (TPSA) is 43.2 Å². The number of nitrogens with zero attached hydrogens (tertiary/aromatic N) is 4. The zero-order valence-electron chi connectivity index (χ0n) is 12.8. The number of hydrogen-bond acceptors (Lipinski definition) is 5. The Labute approximate surface area is 125 Å². The summed E-state index contributed by atoms with van der Waals surface area (Å²) in [5.41, 5.74) is 2.71. The van der Waals surface area contributed by atoms with Crippen LogP contribution < -0.4 is 4.90 Å². The molecule has 0 N–H and O–H groups in total. The molecule has 1 aliphatic rings. The highest BCUT2D eigenvalue weighted by atomic mass is 32.2. The Morgan fingerprint density at radius 3 is 2.60 bits per heavy atom. The van der Waals surface area contributed by atoms with Crippen molar-refractivity contribution in [2.24, 2.45) is 0 Å². The fourth-order valence-corrected chi connectivity index (χ4v) is 3.81. The van der Waals surface area contributed by atoms with Crippen molar-refractivity contribution in [3.63, 3.8) is 0 Å². The maximum absolute atomic E-state index is 9.42. The van der Waals surface area contributed by atoms with Crippen LogP contribution in [0.3, 0.4) is 0 Å². The molecule has 4 nitrogen and oxygen atoms in total. The maximum atomic E-state index is 9.42. The summed E-state index contributed by atoms with van der Waals surface area (Å²) in [4.78, 5) is 9.17. The summed E-state index contributed by atoms with van der Waals surface area (Å²) in [5, 5.41) is 9.97. The van der Waals surface area contributed by atoms with Gasteiger partial charge in [0.25, 0.3) is 0 Å². The summed E-state index contributed by atoms with van der Waals surface area (Å²) in [6.45, 7) is 5.86. The first-order chi connectivity index (χ1) is 9.47. The van der Waals surface area contributed by atoms with Crippen LogP contribution in [0.2, 0.25) is 0 Å². The van der Waals surface area contributed by atoms with Crippen LogP contribution in [0.1, 0.15) is 16.8 Å². The van der Waals surface area contributed by atoms with Gasteiger partial charge in [-0.25, -0.2) is 4.98 Å². The van der Waals surface area contributed by atoms with Crippen LogP contribution in [0.25, 0.3) is 0 Å². The normalized spacial score (nSPS) is 22.4. The van der Waals surface area contributed by atoms with E-state index in [0.29, 0.717) is 11.3 Å². The van der Waals surface area contributed by atoms with E-state index in [1.54, 1.807) is 0 Å². The highest BCUT2D eigenvalue weighted by Gasteiger charge is 2.35. The van der Waals surface area contributed by atoms with Crippen molar-refractivity contribution in [3.05, 3.63) is 22.9 Å². The van der Waals surface area contributed by atoms with Crippen molar-refractivity contribution in [1.29, 1.82) is 5.26 Å². The van der Waals surface area contributed by atoms with Crippen molar-refractivity contribution in [3.8, 4) is 6.07 Å². The van der Waals surface area contributed by atoms with Crippen LogP contribution in [-0.2, 0) is 0 Å². The van der Waals surface area contributed by atoms with Gasteiger partial charge in [-0.1, -0.05) is 0 Å². The minimum Gasteiger partial charge on any atom is -0.353 e. The first kappa shape index (κ1) is 15.1. The molecule has 1 aromatic heterocycles. The Morgan fingerprint density at radius 2 is 2.10 bits per heavy atom. The number of pyridine rings is 1. The fraction of sp³-hybridized carbons (Fsp3) is 0.600. The number of rotatable bonds is 3. The van der Waals surface area contributed by atoms with Crippen LogP contribution in [0, 0.1) is 25.2 Å². The van der Waals surface area contributed by atoms with Gasteiger partial charge in [0.1, 0.15) is 11.9 Å². The van der Waals surface area contributed by atoms with E-state index in [0.717, 1.165) is 35.7 Å². The average molecular weight is 290 g/mol. The number of aromatic nitrogens is 1. The number of nitriles is 1. The van der Waals surface area contributed by atoms with E-state index in [9.17, 15) is 5.26 Å². The molecule has 0 saturated carbocycles. The summed E-state index contributed by atoms with van der Waals surface area (Å²) in [6.07, 6.45) is 2.16. The zero-order valence-corrected chi connectivity index (χ0v) is 13.7. The van der Waals surface area contributed by atoms with Gasteiger partial charge >= 0.3 is 0 Å². The van der Waals surface area contributed by atoms with Crippen LogP contribution in [-0.4, -0.2) is 54.6 Å². The molecule has 2 unspecified atom stereocenters. The minimum absolute atomic E-state index is 0.499. The molecule has 0 amide bonds. The van der Waals surface area contributed by atoms with Gasteiger partial charge in [0.2, 0.25) is 0 Å². The van der Waals surface area contributed by atoms with E-state index in [1.165, 1.54) is 0 Å². The molecule has 1 aromatic rings. The van der Waals surface area contributed by atoms with Gasteiger partial charge in [-0.05, 0) is 45.8 Å². The maximum Gasteiger partial charge on any atom is 0.147 e. The van der Waals surface area contributed by atoms with E-state index in [2.05, 4.69) is 41.2 Å². The molecule has 0 aromatic carbocycles. The third-order valence-electron chi connectivity index (χ3n) is 3.94. The highest BCUT2D eigenvalue weighted by molar-refractivity contribution is 7.99. The molecule has 0 bridgehead atoms. The van der Waals surface area contributed by atoms with Crippen LogP contribution in [0.5, 0.6) is 0 Å². The molecule has 0 radical (unpaired) electrons. The van der Waals surface area contributed by atoms with E-state index in [4.69, 9.17) is 0 Å². The fourth-order valence-electron chi connectivity index (χ4n) is 2.84. The lowest BCUT2D eigenvalue weighted by atomic mass is 10.1. The monoisotopic (exact) mass is 290 g/mol. The van der Waals surface area contributed by atoms with Gasteiger partial charge in [0, 0.05) is 30.1 Å². The molecule has 1 saturated heterocycles. The summed E-state index contributed by atoms with van der Waals surface area (Å²) in [7, 11) is 4.25. The van der Waals surface area contributed by atoms with Crippen molar-refractivity contribution in [2.75, 3.05) is 38.3 Å². The third-order valence-corrected chi connectivity index (χ3v) is 5.01. The molecule has 0 spiro atoms. The van der Waals surface area contributed by atoms with Crippen molar-refractivity contribution in [2.45, 2.75) is 25.1 Å². The van der Waals surface area contributed by atoms with E-state index < -0.39 is 0 Å². The lowest BCUT2D eigenvalue weighted by Crippen LogP contribution is -2.36. The van der Waals surface area contributed by atoms with Crippen molar-refractivity contribution < 1.29 is 0 Å². The molecule has 108 valence electrons. The van der Waals surface area contributed by atoms with Crippen LogP contribution in [0.4, 0.5) is 5.82 Å². The first-order valence-corrected chi connectivity index (χ1v) is 8.09. The van der Waals surface area contributed by atoms with Gasteiger partial charge in [-0.3, -0.25) is 0 Å². The zero-order chi connectivity index (χ0) is 14.9. The number of likely N-dealkylation sites (N-methyl/N-ethyl adjacent to an activating group) is 1. The second kappa shape index (κ2) is 6.02. The summed E-state index contributed by atoms with van der Waals surface area (Å²) >= 11 is 1.90. The second-order valence-corrected chi connectivity index (χ2v) is 6.68. The quantitative estimate of drug-likeness (QED) is 0.852. The van der Waals surface area contributed by atoms with Crippen LogP contribution in [0.15, 0.2) is 6.07 Å². The minimum atomic E-state index is 0.499. The molecular formula is C15H22N4S. The number of thioether (sulfide) groups is 1. The van der Waals surface area contributed by atoms with Crippen molar-refractivity contribution >= 4 is 17.6 Å². The van der Waals surface area contributed by atoms with E-state index >= 15 is 0 Å². The third kappa shape index (κ3) is 2.77. The van der Waals surface area contributed by atoms with E-state index in [1.807, 2.05) is 31.7 Å². The van der Waals surface area contributed by atoms with Gasteiger partial charge in [-0.2, -0.15) is 17.0 Å². The molecule has 5 heteroatoms. The van der Waals surface area contributed by atoms with Gasteiger partial charge < -0.3 is 9.80 Å². The molecule has 2 rings (SSSR count). The molecule has 2 heterocycles. The Morgan fingerprint density at radius 1 is 1.40 bits per heavy atom. The highest BCUT2D eigenvalue weighted by Crippen LogP contribution is 2.30. The number of aryl methyl sites for hydroxylation is 2. The van der Waals surface area contributed by atoms with Gasteiger partial charge in [0.05, 0.1) is 5.56 Å². The lowest BCUT2D eigenvalue weighted by Gasteiger charge is -2.23. The Balaban J connectivity index is 2.36. The smallest absolute Gasteiger partial charge is 0.147 e. The molecular weight excluding hydrogens is 268 g/mol. The summed E-state index contributed by atoms with van der Waals surface area (Å²) in [6, 6.07) is 4.80. The first-order valence-electron chi connectivity index (χ1n) is 6.80. The van der Waals surface area contributed by atoms with Crippen LogP contribution >= 0.6 is 11.8 Å². The second-order valence-electron chi connectivity index (χ2n) is 5.60. The standard InChI is InChI=1S/C15H22N4S/c1-10-6-11(2)17-15(12(10)7-16)19-8-13(18(3)4)14(9-19)20-5/h6,13-14H,8-9H2,1-5H3.